The Morgan fingerprint density at radius 3 is 1.93 bits per heavy atom. The molecule has 0 saturated carbocycles. The van der Waals surface area contributed by atoms with Crippen LogP contribution >= 0.6 is 0 Å². The first-order chi connectivity index (χ1) is 21.0. The van der Waals surface area contributed by atoms with Crippen LogP contribution in [0.15, 0.2) is 61.2 Å². The Morgan fingerprint density at radius 1 is 0.818 bits per heavy atom. The van der Waals surface area contributed by atoms with Crippen LogP contribution in [0.3, 0.4) is 0 Å². The number of benzene rings is 2. The predicted molar refractivity (Wildman–Crippen MR) is 161 cm³/mol. The van der Waals surface area contributed by atoms with E-state index in [1.165, 1.54) is 6.08 Å². The molecule has 0 spiro atoms. The Labute approximate surface area is 260 Å². The van der Waals surface area contributed by atoms with Crippen LogP contribution in [-0.4, -0.2) is 86.3 Å². The molecule has 3 aliphatic heterocycles. The molecule has 3 saturated heterocycles. The zero-order valence-corrected chi connectivity index (χ0v) is 26.5. The smallest absolute Gasteiger partial charge is 0.164 e. The van der Waals surface area contributed by atoms with E-state index in [0.29, 0.717) is 26.2 Å². The molecular weight excluding hydrogens is 568 g/mol. The third-order valence-electron chi connectivity index (χ3n) is 8.22. The van der Waals surface area contributed by atoms with E-state index < -0.39 is 54.3 Å². The van der Waals surface area contributed by atoms with Gasteiger partial charge in [0.25, 0.3) is 0 Å². The van der Waals surface area contributed by atoms with Crippen molar-refractivity contribution in [2.75, 3.05) is 20.8 Å². The minimum atomic E-state index is -0.989. The number of aliphatic hydroxyl groups is 1. The van der Waals surface area contributed by atoms with E-state index in [-0.39, 0.29) is 6.10 Å². The predicted octanol–water partition coefficient (Wildman–Crippen LogP) is 4.55. The first kappa shape index (κ1) is 32.8. The summed E-state index contributed by atoms with van der Waals surface area (Å²) in [7, 11) is 3.28. The number of ether oxygens (including phenoxy) is 9. The molecule has 8 atom stereocenters. The van der Waals surface area contributed by atoms with Gasteiger partial charge in [0.05, 0.1) is 46.2 Å². The van der Waals surface area contributed by atoms with Gasteiger partial charge in [-0.1, -0.05) is 30.3 Å². The summed E-state index contributed by atoms with van der Waals surface area (Å²) in [6, 6.07) is 15.5. The highest BCUT2D eigenvalue weighted by Gasteiger charge is 2.56. The Kier molecular flexibility index (Phi) is 10.3. The average molecular weight is 615 g/mol. The second-order valence-electron chi connectivity index (χ2n) is 12.4. The van der Waals surface area contributed by atoms with E-state index in [9.17, 15) is 5.11 Å². The number of hydrogen-bond acceptors (Lipinski definition) is 10. The van der Waals surface area contributed by atoms with Crippen molar-refractivity contribution in [3.8, 4) is 11.5 Å². The number of aliphatic hydroxyl groups excluding tert-OH is 1. The van der Waals surface area contributed by atoms with Crippen LogP contribution in [0.25, 0.3) is 0 Å². The van der Waals surface area contributed by atoms with Gasteiger partial charge in [0, 0.05) is 6.42 Å². The van der Waals surface area contributed by atoms with Crippen molar-refractivity contribution in [3.63, 3.8) is 0 Å². The first-order valence-corrected chi connectivity index (χ1v) is 15.1. The van der Waals surface area contributed by atoms with Crippen molar-refractivity contribution in [3.05, 3.63) is 72.3 Å². The molecule has 10 nitrogen and oxygen atoms in total. The molecule has 0 aromatic heterocycles. The maximum atomic E-state index is 10.9. The number of methoxy groups -OCH3 is 2. The molecule has 10 heteroatoms. The lowest BCUT2D eigenvalue weighted by molar-refractivity contribution is -0.259. The van der Waals surface area contributed by atoms with Crippen LogP contribution < -0.4 is 9.47 Å². The maximum absolute atomic E-state index is 10.9. The average Bonchev–Trinajstić information content (AvgIpc) is 3.56. The van der Waals surface area contributed by atoms with Gasteiger partial charge in [-0.15, -0.1) is 6.58 Å². The fourth-order valence-electron chi connectivity index (χ4n) is 5.99. The SMILES string of the molecule is C=CC(O)[C@H]1OC(C)(C)O[C@@H]1[C@@H]1O[C@@H]([C@H]2COC(C)(C)O2)C[C@@H](OCc2ccc(OC)cc2)[C@H]1OCc1ccc(OC)cc1. The van der Waals surface area contributed by atoms with Gasteiger partial charge in [-0.3, -0.25) is 0 Å². The summed E-state index contributed by atoms with van der Waals surface area (Å²) in [4.78, 5) is 0. The van der Waals surface area contributed by atoms with Gasteiger partial charge in [-0.05, 0) is 63.1 Å². The molecule has 0 aliphatic carbocycles. The van der Waals surface area contributed by atoms with Crippen LogP contribution in [0.4, 0.5) is 0 Å². The molecule has 242 valence electrons. The van der Waals surface area contributed by atoms with Gasteiger partial charge >= 0.3 is 0 Å². The monoisotopic (exact) mass is 614 g/mol. The van der Waals surface area contributed by atoms with Gasteiger partial charge in [0.2, 0.25) is 0 Å². The zero-order valence-electron chi connectivity index (χ0n) is 26.5. The first-order valence-electron chi connectivity index (χ1n) is 15.1. The lowest BCUT2D eigenvalue weighted by atomic mass is 9.89. The molecule has 3 fully saturated rings. The zero-order chi connectivity index (χ0) is 31.5. The van der Waals surface area contributed by atoms with Crippen molar-refractivity contribution in [1.82, 2.24) is 0 Å². The second kappa shape index (κ2) is 13.8. The summed E-state index contributed by atoms with van der Waals surface area (Å²) in [5, 5.41) is 10.9. The third-order valence-corrected chi connectivity index (χ3v) is 8.22. The van der Waals surface area contributed by atoms with Gasteiger partial charge in [-0.25, -0.2) is 0 Å². The molecule has 1 N–H and O–H groups in total. The summed E-state index contributed by atoms with van der Waals surface area (Å²) in [6.45, 7) is 12.2. The quantitative estimate of drug-likeness (QED) is 0.343. The molecule has 2 aromatic carbocycles. The molecule has 0 amide bonds. The van der Waals surface area contributed by atoms with Crippen LogP contribution in [0.1, 0.15) is 45.2 Å². The highest BCUT2D eigenvalue weighted by atomic mass is 16.8. The van der Waals surface area contributed by atoms with E-state index in [2.05, 4.69) is 6.58 Å². The molecule has 2 aromatic rings. The van der Waals surface area contributed by atoms with E-state index in [4.69, 9.17) is 42.6 Å². The molecule has 3 heterocycles. The van der Waals surface area contributed by atoms with Crippen LogP contribution in [0.5, 0.6) is 11.5 Å². The molecule has 5 rings (SSSR count). The molecule has 0 radical (unpaired) electrons. The Morgan fingerprint density at radius 2 is 1.41 bits per heavy atom. The largest absolute Gasteiger partial charge is 0.497 e. The van der Waals surface area contributed by atoms with Crippen LogP contribution in [-0.2, 0) is 46.4 Å². The fraction of sp³-hybridized carbons (Fsp3) is 0.588. The highest BCUT2D eigenvalue weighted by Crippen LogP contribution is 2.41. The number of hydrogen-bond donors (Lipinski definition) is 1. The van der Waals surface area contributed by atoms with Crippen molar-refractivity contribution >= 4 is 0 Å². The fourth-order valence-corrected chi connectivity index (χ4v) is 5.99. The summed E-state index contributed by atoms with van der Waals surface area (Å²) in [5.74, 6) is -0.168. The van der Waals surface area contributed by atoms with E-state index >= 15 is 0 Å². The normalized spacial score (nSPS) is 31.8. The molecule has 0 bridgehead atoms. The summed E-state index contributed by atoms with van der Waals surface area (Å²) in [6.07, 6.45) is -2.87. The Balaban J connectivity index is 1.46. The number of rotatable bonds is 12. The summed E-state index contributed by atoms with van der Waals surface area (Å²) >= 11 is 0. The van der Waals surface area contributed by atoms with E-state index in [1.807, 2.05) is 76.2 Å². The van der Waals surface area contributed by atoms with Gasteiger partial charge < -0.3 is 47.7 Å². The van der Waals surface area contributed by atoms with Gasteiger partial charge in [0.1, 0.15) is 48.1 Å². The van der Waals surface area contributed by atoms with Gasteiger partial charge in [0.15, 0.2) is 11.6 Å². The summed E-state index contributed by atoms with van der Waals surface area (Å²) < 4.78 is 55.5. The lowest BCUT2D eigenvalue weighted by Gasteiger charge is -2.45. The Hall–Kier alpha value is -2.54. The lowest BCUT2D eigenvalue weighted by Crippen LogP contribution is -2.60. The second-order valence-corrected chi connectivity index (χ2v) is 12.4. The molecule has 44 heavy (non-hydrogen) atoms. The van der Waals surface area contributed by atoms with Crippen molar-refractivity contribution in [1.29, 1.82) is 0 Å². The molecular formula is C34H46O10. The summed E-state index contributed by atoms with van der Waals surface area (Å²) in [5.41, 5.74) is 1.95. The minimum Gasteiger partial charge on any atom is -0.497 e. The minimum absolute atomic E-state index is 0.295. The highest BCUT2D eigenvalue weighted by molar-refractivity contribution is 5.27. The standard InChI is InChI=1S/C34H46O10/c1-8-25(35)29-32(44-34(4,5)43-29)31-30(39-19-22-11-15-24(37-7)16-12-22)27(38-18-21-9-13-23(36-6)14-10-21)17-26(41-31)28-20-40-33(2,3)42-28/h8-16,25-32,35H,1,17-20H2,2-7H3/t25?,26-,27-,28-,29-,30-,31-,32+/m1/s1. The third kappa shape index (κ3) is 7.81. The Bertz CT molecular complexity index is 1210. The van der Waals surface area contributed by atoms with Crippen LogP contribution in [0, 0.1) is 0 Å². The van der Waals surface area contributed by atoms with Crippen molar-refractivity contribution < 1.29 is 47.7 Å². The maximum Gasteiger partial charge on any atom is 0.164 e. The van der Waals surface area contributed by atoms with Crippen molar-refractivity contribution in [2.24, 2.45) is 0 Å². The topological polar surface area (TPSA) is 103 Å². The van der Waals surface area contributed by atoms with Crippen LogP contribution in [0.2, 0.25) is 0 Å². The molecule has 1 unspecified atom stereocenters. The molecule has 3 aliphatic rings. The van der Waals surface area contributed by atoms with Gasteiger partial charge in [-0.2, -0.15) is 0 Å². The van der Waals surface area contributed by atoms with E-state index in [1.54, 1.807) is 14.2 Å². The van der Waals surface area contributed by atoms with Crippen molar-refractivity contribution in [2.45, 2.75) is 108 Å². The van der Waals surface area contributed by atoms with E-state index in [0.717, 1.165) is 22.6 Å².